The Morgan fingerprint density at radius 3 is 2.79 bits per heavy atom. The van der Waals surface area contributed by atoms with E-state index in [-0.39, 0.29) is 17.9 Å². The van der Waals surface area contributed by atoms with Gasteiger partial charge in [-0.05, 0) is 37.6 Å². The van der Waals surface area contributed by atoms with Crippen LogP contribution in [0, 0.1) is 6.92 Å². The lowest BCUT2D eigenvalue weighted by molar-refractivity contribution is -0.119. The van der Waals surface area contributed by atoms with Gasteiger partial charge in [0.1, 0.15) is 10.8 Å². The summed E-state index contributed by atoms with van der Waals surface area (Å²) in [4.78, 5) is 24.4. The van der Waals surface area contributed by atoms with Crippen LogP contribution in [0.3, 0.4) is 0 Å². The van der Waals surface area contributed by atoms with E-state index in [1.165, 1.54) is 23.1 Å². The molecule has 0 aliphatic carbocycles. The number of aryl methyl sites for hydroxylation is 1. The topological polar surface area (TPSA) is 97.1 Å². The summed E-state index contributed by atoms with van der Waals surface area (Å²) in [6, 6.07) is 11.3. The van der Waals surface area contributed by atoms with Crippen molar-refractivity contribution in [3.05, 3.63) is 64.0 Å². The fraction of sp³-hybridized carbons (Fsp3) is 0.300. The highest BCUT2D eigenvalue weighted by Gasteiger charge is 2.15. The Morgan fingerprint density at radius 1 is 1.21 bits per heavy atom. The number of carbonyl (C=O) groups excluding carboxylic acids is 2. The quantitative estimate of drug-likeness (QED) is 0.538. The lowest BCUT2D eigenvalue weighted by Crippen LogP contribution is -2.35. The van der Waals surface area contributed by atoms with Crippen LogP contribution in [0.1, 0.15) is 33.1 Å². The Balaban J connectivity index is 1.41. The van der Waals surface area contributed by atoms with Crippen LogP contribution in [0.25, 0.3) is 0 Å². The standard InChI is InChI=1S/C20H22N4O3S2/c1-13-6-3-4-8-16(13)22-19(26)20-24-23-18(29-20)12-28-11-17(25)21-14(2)10-15-7-5-9-27-15/h3-9,14H,10-12H2,1-2H3,(H,21,25)(H,22,26)/t14-/m1/s1. The van der Waals surface area contributed by atoms with E-state index in [1.54, 1.807) is 6.26 Å². The van der Waals surface area contributed by atoms with Crippen molar-refractivity contribution < 1.29 is 14.0 Å². The molecule has 3 aromatic rings. The van der Waals surface area contributed by atoms with Crippen LogP contribution in [-0.4, -0.2) is 33.8 Å². The lowest BCUT2D eigenvalue weighted by atomic mass is 10.2. The van der Waals surface area contributed by atoms with Crippen molar-refractivity contribution in [2.75, 3.05) is 11.1 Å². The molecule has 1 aromatic carbocycles. The molecule has 7 nitrogen and oxygen atoms in total. The van der Waals surface area contributed by atoms with Crippen LogP contribution in [0.2, 0.25) is 0 Å². The highest BCUT2D eigenvalue weighted by Crippen LogP contribution is 2.19. The van der Waals surface area contributed by atoms with Crippen LogP contribution in [0.4, 0.5) is 5.69 Å². The molecule has 0 fully saturated rings. The molecule has 0 radical (unpaired) electrons. The number of anilines is 1. The van der Waals surface area contributed by atoms with E-state index >= 15 is 0 Å². The highest BCUT2D eigenvalue weighted by molar-refractivity contribution is 7.99. The first-order valence-corrected chi connectivity index (χ1v) is 11.1. The largest absolute Gasteiger partial charge is 0.469 e. The van der Waals surface area contributed by atoms with Crippen LogP contribution >= 0.6 is 23.1 Å². The second kappa shape index (κ2) is 10.2. The summed E-state index contributed by atoms with van der Waals surface area (Å²) < 4.78 is 5.29. The van der Waals surface area contributed by atoms with Gasteiger partial charge in [-0.15, -0.1) is 22.0 Å². The number of amides is 2. The van der Waals surface area contributed by atoms with Gasteiger partial charge in [0.05, 0.1) is 12.0 Å². The number of thioether (sulfide) groups is 1. The number of hydrogen-bond donors (Lipinski definition) is 2. The number of aromatic nitrogens is 2. The van der Waals surface area contributed by atoms with Crippen molar-refractivity contribution in [1.29, 1.82) is 0 Å². The van der Waals surface area contributed by atoms with Gasteiger partial charge in [0.2, 0.25) is 10.9 Å². The first-order valence-electron chi connectivity index (χ1n) is 9.10. The van der Waals surface area contributed by atoms with E-state index < -0.39 is 0 Å². The zero-order valence-corrected chi connectivity index (χ0v) is 17.8. The van der Waals surface area contributed by atoms with Crippen molar-refractivity contribution in [1.82, 2.24) is 15.5 Å². The first-order chi connectivity index (χ1) is 14.0. The Labute approximate surface area is 177 Å². The molecule has 152 valence electrons. The SMILES string of the molecule is Cc1ccccc1NC(=O)c1nnc(CSCC(=O)N[C@H](C)Cc2ccco2)s1. The summed E-state index contributed by atoms with van der Waals surface area (Å²) in [6.45, 7) is 3.87. The van der Waals surface area contributed by atoms with Gasteiger partial charge in [-0.25, -0.2) is 0 Å². The molecule has 0 aliphatic heterocycles. The van der Waals surface area contributed by atoms with E-state index in [4.69, 9.17) is 4.42 Å². The predicted octanol–water partition coefficient (Wildman–Crippen LogP) is 3.67. The predicted molar refractivity (Wildman–Crippen MR) is 115 cm³/mol. The number of rotatable bonds is 9. The number of carbonyl (C=O) groups is 2. The Hall–Kier alpha value is -2.65. The normalized spacial score (nSPS) is 11.8. The zero-order valence-electron chi connectivity index (χ0n) is 16.2. The van der Waals surface area contributed by atoms with E-state index in [1.807, 2.05) is 50.2 Å². The molecule has 0 saturated heterocycles. The van der Waals surface area contributed by atoms with Gasteiger partial charge in [0.25, 0.3) is 5.91 Å². The number of benzene rings is 1. The summed E-state index contributed by atoms with van der Waals surface area (Å²) in [5.41, 5.74) is 1.73. The van der Waals surface area contributed by atoms with Crippen LogP contribution in [0.15, 0.2) is 47.1 Å². The minimum atomic E-state index is -0.280. The van der Waals surface area contributed by atoms with Gasteiger partial charge in [-0.2, -0.15) is 0 Å². The molecule has 2 amide bonds. The van der Waals surface area contributed by atoms with E-state index in [0.717, 1.165) is 17.0 Å². The Kier molecular flexibility index (Phi) is 7.42. The fourth-order valence-electron chi connectivity index (χ4n) is 2.62. The van der Waals surface area contributed by atoms with Gasteiger partial charge < -0.3 is 15.1 Å². The molecular formula is C20H22N4O3S2. The number of nitrogens with one attached hydrogen (secondary N) is 2. The van der Waals surface area contributed by atoms with Crippen LogP contribution in [0.5, 0.6) is 0 Å². The summed E-state index contributed by atoms with van der Waals surface area (Å²) in [6.07, 6.45) is 2.27. The smallest absolute Gasteiger partial charge is 0.286 e. The number of para-hydroxylation sites is 1. The van der Waals surface area contributed by atoms with Crippen LogP contribution in [-0.2, 0) is 17.0 Å². The van der Waals surface area contributed by atoms with Gasteiger partial charge in [0.15, 0.2) is 0 Å². The third-order valence-electron chi connectivity index (χ3n) is 4.01. The molecule has 3 rings (SSSR count). The third-order valence-corrected chi connectivity index (χ3v) is 6.06. The number of furan rings is 1. The monoisotopic (exact) mass is 430 g/mol. The minimum absolute atomic E-state index is 0.00692. The second-order valence-electron chi connectivity index (χ2n) is 6.51. The molecule has 0 bridgehead atoms. The molecule has 0 aliphatic rings. The number of nitrogens with zero attached hydrogens (tertiary/aromatic N) is 2. The van der Waals surface area contributed by atoms with Crippen molar-refractivity contribution in [2.45, 2.75) is 32.1 Å². The molecule has 2 aromatic heterocycles. The van der Waals surface area contributed by atoms with Gasteiger partial charge in [-0.3, -0.25) is 9.59 Å². The second-order valence-corrected chi connectivity index (χ2v) is 8.56. The zero-order chi connectivity index (χ0) is 20.6. The molecule has 1 atom stereocenters. The first kappa shape index (κ1) is 21.1. The lowest BCUT2D eigenvalue weighted by Gasteiger charge is -2.12. The minimum Gasteiger partial charge on any atom is -0.469 e. The Morgan fingerprint density at radius 2 is 2.03 bits per heavy atom. The van der Waals surface area contributed by atoms with Crippen molar-refractivity contribution in [2.24, 2.45) is 0 Å². The summed E-state index contributed by atoms with van der Waals surface area (Å²) in [7, 11) is 0. The average Bonchev–Trinajstić information content (AvgIpc) is 3.35. The highest BCUT2D eigenvalue weighted by atomic mass is 32.2. The van der Waals surface area contributed by atoms with Crippen molar-refractivity contribution in [3.8, 4) is 0 Å². The van der Waals surface area contributed by atoms with Crippen LogP contribution < -0.4 is 10.6 Å². The molecule has 2 N–H and O–H groups in total. The maximum absolute atomic E-state index is 12.3. The summed E-state index contributed by atoms with van der Waals surface area (Å²) in [5, 5.41) is 14.8. The summed E-state index contributed by atoms with van der Waals surface area (Å²) >= 11 is 2.67. The van der Waals surface area contributed by atoms with E-state index in [2.05, 4.69) is 20.8 Å². The van der Waals surface area contributed by atoms with E-state index in [0.29, 0.717) is 27.9 Å². The molecular weight excluding hydrogens is 408 g/mol. The maximum atomic E-state index is 12.3. The number of hydrogen-bond acceptors (Lipinski definition) is 7. The van der Waals surface area contributed by atoms with Crippen molar-refractivity contribution >= 4 is 40.6 Å². The average molecular weight is 431 g/mol. The molecule has 29 heavy (non-hydrogen) atoms. The fourth-order valence-corrected chi connectivity index (χ4v) is 4.24. The van der Waals surface area contributed by atoms with Gasteiger partial charge >= 0.3 is 0 Å². The third kappa shape index (κ3) is 6.43. The Bertz CT molecular complexity index is 956. The molecule has 2 heterocycles. The maximum Gasteiger partial charge on any atom is 0.286 e. The van der Waals surface area contributed by atoms with Gasteiger partial charge in [-0.1, -0.05) is 29.5 Å². The molecule has 0 spiro atoms. The van der Waals surface area contributed by atoms with E-state index in [9.17, 15) is 9.59 Å². The molecule has 9 heteroatoms. The summed E-state index contributed by atoms with van der Waals surface area (Å²) in [5.74, 6) is 1.35. The van der Waals surface area contributed by atoms with Crippen molar-refractivity contribution in [3.63, 3.8) is 0 Å². The molecule has 0 unspecified atom stereocenters. The van der Waals surface area contributed by atoms with Gasteiger partial charge in [0, 0.05) is 23.9 Å². The molecule has 0 saturated carbocycles.